The molecule has 3 aliphatic rings. The predicted octanol–water partition coefficient (Wildman–Crippen LogP) is 4.31. The smallest absolute Gasteiger partial charge is 0.171 e. The maximum absolute atomic E-state index is 6.53. The Balaban J connectivity index is 1.53. The summed E-state index contributed by atoms with van der Waals surface area (Å²) in [5.41, 5.74) is 0.401. The van der Waals surface area contributed by atoms with Gasteiger partial charge in [0.2, 0.25) is 0 Å². The van der Waals surface area contributed by atoms with Crippen LogP contribution in [-0.4, -0.2) is 43.0 Å². The van der Waals surface area contributed by atoms with Gasteiger partial charge in [0, 0.05) is 18.9 Å². The van der Waals surface area contributed by atoms with E-state index in [1.54, 1.807) is 0 Å². The number of likely N-dealkylation sites (tertiary alicyclic amines) is 1. The van der Waals surface area contributed by atoms with E-state index >= 15 is 0 Å². The van der Waals surface area contributed by atoms with Gasteiger partial charge in [-0.3, -0.25) is 0 Å². The van der Waals surface area contributed by atoms with E-state index in [2.05, 4.69) is 39.5 Å². The van der Waals surface area contributed by atoms with Gasteiger partial charge < -0.3 is 14.4 Å². The minimum absolute atomic E-state index is 0.275. The van der Waals surface area contributed by atoms with Gasteiger partial charge in [0.25, 0.3) is 0 Å². The van der Waals surface area contributed by atoms with E-state index < -0.39 is 0 Å². The zero-order chi connectivity index (χ0) is 16.7. The zero-order valence-corrected chi connectivity index (χ0v) is 15.9. The van der Waals surface area contributed by atoms with Gasteiger partial charge in [-0.25, -0.2) is 0 Å². The molecule has 4 unspecified atom stereocenters. The van der Waals surface area contributed by atoms with Gasteiger partial charge in [0.15, 0.2) is 5.79 Å². The monoisotopic (exact) mass is 323 g/mol. The lowest BCUT2D eigenvalue weighted by Crippen LogP contribution is -2.46. The Morgan fingerprint density at radius 2 is 1.78 bits per heavy atom. The van der Waals surface area contributed by atoms with E-state index in [0.29, 0.717) is 11.3 Å². The fourth-order valence-electron chi connectivity index (χ4n) is 4.73. The van der Waals surface area contributed by atoms with Crippen molar-refractivity contribution in [3.8, 4) is 0 Å². The molecule has 3 nitrogen and oxygen atoms in total. The lowest BCUT2D eigenvalue weighted by molar-refractivity contribution is -0.228. The highest BCUT2D eigenvalue weighted by molar-refractivity contribution is 4.93. The van der Waals surface area contributed by atoms with Crippen LogP contribution in [0.2, 0.25) is 0 Å². The lowest BCUT2D eigenvalue weighted by atomic mass is 9.67. The van der Waals surface area contributed by atoms with E-state index in [4.69, 9.17) is 9.47 Å². The van der Waals surface area contributed by atoms with Gasteiger partial charge in [-0.2, -0.15) is 0 Å². The predicted molar refractivity (Wildman–Crippen MR) is 94.4 cm³/mol. The molecule has 4 atom stereocenters. The molecule has 3 fully saturated rings. The number of rotatable bonds is 2. The first kappa shape index (κ1) is 17.7. The summed E-state index contributed by atoms with van der Waals surface area (Å²) in [5.74, 6) is 1.91. The zero-order valence-electron chi connectivity index (χ0n) is 15.9. The summed E-state index contributed by atoms with van der Waals surface area (Å²) < 4.78 is 12.8. The normalized spacial score (nSPS) is 40.8. The summed E-state index contributed by atoms with van der Waals surface area (Å²) >= 11 is 0. The topological polar surface area (TPSA) is 21.7 Å². The molecule has 2 aliphatic heterocycles. The molecule has 2 saturated heterocycles. The van der Waals surface area contributed by atoms with Crippen LogP contribution in [0.1, 0.15) is 66.7 Å². The lowest BCUT2D eigenvalue weighted by Gasteiger charge is -2.45. The second-order valence-electron chi connectivity index (χ2n) is 9.58. The quantitative estimate of drug-likeness (QED) is 0.756. The molecule has 2 heterocycles. The summed E-state index contributed by atoms with van der Waals surface area (Å²) in [6.45, 7) is 16.1. The van der Waals surface area contributed by atoms with Crippen molar-refractivity contribution in [3.63, 3.8) is 0 Å². The van der Waals surface area contributed by atoms with Crippen molar-refractivity contribution in [3.05, 3.63) is 0 Å². The summed E-state index contributed by atoms with van der Waals surface area (Å²) in [5, 5.41) is 0. The Hall–Kier alpha value is -0.120. The van der Waals surface area contributed by atoms with Crippen LogP contribution in [0.25, 0.3) is 0 Å². The van der Waals surface area contributed by atoms with Crippen LogP contribution >= 0.6 is 0 Å². The molecule has 3 heteroatoms. The minimum atomic E-state index is -0.282. The summed E-state index contributed by atoms with van der Waals surface area (Å²) in [7, 11) is 0. The molecule has 0 aromatic rings. The third kappa shape index (κ3) is 3.93. The minimum Gasteiger partial charge on any atom is -0.347 e. The van der Waals surface area contributed by atoms with Crippen molar-refractivity contribution in [1.29, 1.82) is 0 Å². The first-order valence-electron chi connectivity index (χ1n) is 9.82. The highest BCUT2D eigenvalue weighted by Crippen LogP contribution is 2.48. The Bertz CT molecular complexity index is 397. The maximum Gasteiger partial charge on any atom is 0.171 e. The Kier molecular flexibility index (Phi) is 5.11. The Morgan fingerprint density at radius 3 is 2.39 bits per heavy atom. The molecular formula is C20H37NO2. The molecular weight excluding hydrogens is 286 g/mol. The van der Waals surface area contributed by atoms with Gasteiger partial charge >= 0.3 is 0 Å². The maximum atomic E-state index is 6.53. The molecule has 134 valence electrons. The largest absolute Gasteiger partial charge is 0.347 e. The average Bonchev–Trinajstić information content (AvgIpc) is 2.88. The molecule has 1 aliphatic carbocycles. The molecule has 23 heavy (non-hydrogen) atoms. The van der Waals surface area contributed by atoms with Gasteiger partial charge in [-0.15, -0.1) is 0 Å². The third-order valence-electron chi connectivity index (χ3n) is 6.67. The second kappa shape index (κ2) is 6.65. The van der Waals surface area contributed by atoms with Crippen molar-refractivity contribution in [2.24, 2.45) is 23.2 Å². The van der Waals surface area contributed by atoms with Crippen molar-refractivity contribution >= 4 is 0 Å². The van der Waals surface area contributed by atoms with E-state index in [1.165, 1.54) is 38.8 Å². The van der Waals surface area contributed by atoms with E-state index in [9.17, 15) is 0 Å². The van der Waals surface area contributed by atoms with E-state index in [0.717, 1.165) is 31.4 Å². The van der Waals surface area contributed by atoms with Crippen LogP contribution in [0.5, 0.6) is 0 Å². The average molecular weight is 324 g/mol. The Morgan fingerprint density at radius 1 is 1.09 bits per heavy atom. The molecule has 0 aromatic carbocycles. The summed E-state index contributed by atoms with van der Waals surface area (Å²) in [6, 6.07) is 0. The van der Waals surface area contributed by atoms with Crippen LogP contribution in [0.4, 0.5) is 0 Å². The van der Waals surface area contributed by atoms with Crippen molar-refractivity contribution in [2.45, 2.75) is 78.6 Å². The van der Waals surface area contributed by atoms with Crippen molar-refractivity contribution < 1.29 is 9.47 Å². The van der Waals surface area contributed by atoms with Gasteiger partial charge in [0.05, 0.1) is 12.7 Å². The van der Waals surface area contributed by atoms with Gasteiger partial charge in [0.1, 0.15) is 0 Å². The molecule has 0 amide bonds. The molecule has 1 spiro atoms. The van der Waals surface area contributed by atoms with Crippen LogP contribution in [0.3, 0.4) is 0 Å². The molecule has 3 rings (SSSR count). The number of piperidine rings is 1. The molecule has 0 aromatic heterocycles. The first-order valence-corrected chi connectivity index (χ1v) is 9.82. The van der Waals surface area contributed by atoms with E-state index in [-0.39, 0.29) is 11.9 Å². The fourth-order valence-corrected chi connectivity index (χ4v) is 4.73. The highest BCUT2D eigenvalue weighted by atomic mass is 16.7. The molecule has 0 bridgehead atoms. The fraction of sp³-hybridized carbons (Fsp3) is 1.00. The third-order valence-corrected chi connectivity index (χ3v) is 6.67. The molecule has 1 saturated carbocycles. The first-order chi connectivity index (χ1) is 10.8. The standard InChI is InChI=1S/C20H37NO2/c1-15-7-10-21(11-8-15)13-18-14-22-20(23-18)9-6-17(12-16(20)2)19(3,4)5/h15-18H,6-14H2,1-5H3. The van der Waals surface area contributed by atoms with Gasteiger partial charge in [-0.05, 0) is 56.0 Å². The van der Waals surface area contributed by atoms with Crippen molar-refractivity contribution in [1.82, 2.24) is 4.90 Å². The van der Waals surface area contributed by atoms with Crippen LogP contribution in [0.15, 0.2) is 0 Å². The van der Waals surface area contributed by atoms with Crippen molar-refractivity contribution in [2.75, 3.05) is 26.2 Å². The summed E-state index contributed by atoms with van der Waals surface area (Å²) in [6.07, 6.45) is 6.49. The van der Waals surface area contributed by atoms with E-state index in [1.807, 2.05) is 0 Å². The van der Waals surface area contributed by atoms with Crippen LogP contribution in [0, 0.1) is 23.2 Å². The van der Waals surface area contributed by atoms with Crippen LogP contribution < -0.4 is 0 Å². The van der Waals surface area contributed by atoms with Crippen LogP contribution in [-0.2, 0) is 9.47 Å². The molecule has 0 radical (unpaired) electrons. The number of ether oxygens (including phenoxy) is 2. The summed E-state index contributed by atoms with van der Waals surface area (Å²) in [4.78, 5) is 2.58. The number of nitrogens with zero attached hydrogens (tertiary/aromatic N) is 1. The SMILES string of the molecule is CC1CCN(CC2COC3(CCC(C(C)(C)C)CC3C)O2)CC1. The number of hydrogen-bond acceptors (Lipinski definition) is 3. The molecule has 0 N–H and O–H groups in total. The van der Waals surface area contributed by atoms with Gasteiger partial charge in [-0.1, -0.05) is 34.6 Å². The highest BCUT2D eigenvalue weighted by Gasteiger charge is 2.50. The number of hydrogen-bond donors (Lipinski definition) is 0. The second-order valence-corrected chi connectivity index (χ2v) is 9.58. The Labute approximate surface area is 143 Å².